The van der Waals surface area contributed by atoms with Crippen molar-refractivity contribution in [2.75, 3.05) is 6.61 Å². The van der Waals surface area contributed by atoms with Crippen molar-refractivity contribution in [2.45, 2.75) is 34.1 Å². The Balaban J connectivity index is 1.88. The van der Waals surface area contributed by atoms with Crippen LogP contribution in [-0.4, -0.2) is 21.6 Å². The topological polar surface area (TPSA) is 74.6 Å². The molecule has 5 nitrogen and oxygen atoms in total. The molecule has 0 aliphatic heterocycles. The Morgan fingerprint density at radius 1 is 1.23 bits per heavy atom. The summed E-state index contributed by atoms with van der Waals surface area (Å²) in [4.78, 5) is 11.9. The van der Waals surface area contributed by atoms with Crippen molar-refractivity contribution < 1.29 is 4.74 Å². The maximum Gasteiger partial charge on any atom is 0.178 e. The normalized spacial score (nSPS) is 12.3. The molecule has 1 N–H and O–H groups in total. The average Bonchev–Trinajstić information content (AvgIpc) is 2.99. The highest BCUT2D eigenvalue weighted by atomic mass is 16.5. The van der Waals surface area contributed by atoms with E-state index in [0.717, 1.165) is 28.9 Å². The maximum atomic E-state index is 9.56. The highest BCUT2D eigenvalue weighted by molar-refractivity contribution is 5.90. The Labute approximate surface area is 154 Å². The third-order valence-corrected chi connectivity index (χ3v) is 4.32. The lowest BCUT2D eigenvalue weighted by Gasteiger charge is -2.16. The summed E-state index contributed by atoms with van der Waals surface area (Å²) >= 11 is 0. The second-order valence-electron chi connectivity index (χ2n) is 7.25. The number of nitrogens with zero attached hydrogens (tertiary/aromatic N) is 3. The van der Waals surface area contributed by atoms with Crippen molar-refractivity contribution in [1.29, 1.82) is 5.26 Å². The molecule has 0 saturated heterocycles. The fraction of sp³-hybridized carbons (Fsp3) is 0.381. The predicted octanol–water partition coefficient (Wildman–Crippen LogP) is 4.87. The quantitative estimate of drug-likeness (QED) is 0.690. The van der Waals surface area contributed by atoms with E-state index in [1.807, 2.05) is 31.2 Å². The van der Waals surface area contributed by atoms with Crippen LogP contribution in [0.2, 0.25) is 0 Å². The zero-order valence-electron chi connectivity index (χ0n) is 15.7. The Morgan fingerprint density at radius 3 is 2.77 bits per heavy atom. The monoisotopic (exact) mass is 348 g/mol. The number of aryl methyl sites for hydroxylation is 1. The van der Waals surface area contributed by atoms with Gasteiger partial charge in [-0.25, -0.2) is 9.97 Å². The van der Waals surface area contributed by atoms with E-state index in [0.29, 0.717) is 35.4 Å². The number of aromatic nitrogens is 3. The van der Waals surface area contributed by atoms with Gasteiger partial charge in [-0.1, -0.05) is 26.8 Å². The number of fused-ring (bicyclic) bond motifs is 1. The second-order valence-corrected chi connectivity index (χ2v) is 7.25. The lowest BCUT2D eigenvalue weighted by atomic mass is 10.00. The van der Waals surface area contributed by atoms with Gasteiger partial charge < -0.3 is 9.72 Å². The minimum atomic E-state index is 0.453. The van der Waals surface area contributed by atoms with E-state index in [-0.39, 0.29) is 0 Å². The third kappa shape index (κ3) is 3.85. The van der Waals surface area contributed by atoms with Gasteiger partial charge in [0.05, 0.1) is 17.7 Å². The summed E-state index contributed by atoms with van der Waals surface area (Å²) in [5, 5.41) is 9.56. The van der Waals surface area contributed by atoms with Crippen LogP contribution in [0.3, 0.4) is 0 Å². The summed E-state index contributed by atoms with van der Waals surface area (Å²) in [5.41, 5.74) is 4.03. The van der Waals surface area contributed by atoms with Gasteiger partial charge in [-0.2, -0.15) is 5.26 Å². The van der Waals surface area contributed by atoms with Crippen LogP contribution in [0.4, 0.5) is 0 Å². The van der Waals surface area contributed by atoms with Gasteiger partial charge in [-0.05, 0) is 48.9 Å². The number of nitrogens with one attached hydrogen (secondary N) is 1. The number of pyridine rings is 1. The van der Waals surface area contributed by atoms with E-state index in [2.05, 4.69) is 41.8 Å². The zero-order valence-corrected chi connectivity index (χ0v) is 15.7. The van der Waals surface area contributed by atoms with Crippen LogP contribution < -0.4 is 4.74 Å². The van der Waals surface area contributed by atoms with Gasteiger partial charge in [-0.3, -0.25) is 0 Å². The van der Waals surface area contributed by atoms with Crippen LogP contribution in [0.1, 0.15) is 38.6 Å². The first-order valence-electron chi connectivity index (χ1n) is 8.96. The summed E-state index contributed by atoms with van der Waals surface area (Å²) in [7, 11) is 0. The summed E-state index contributed by atoms with van der Waals surface area (Å²) in [6.07, 6.45) is 2.84. The van der Waals surface area contributed by atoms with Crippen LogP contribution in [0, 0.1) is 30.1 Å². The summed E-state index contributed by atoms with van der Waals surface area (Å²) < 4.78 is 5.92. The summed E-state index contributed by atoms with van der Waals surface area (Å²) in [6, 6.07) is 9.92. The molecule has 0 bridgehead atoms. The number of aromatic amines is 1. The van der Waals surface area contributed by atoms with E-state index in [1.165, 1.54) is 0 Å². The number of nitriles is 1. The molecule has 3 rings (SSSR count). The van der Waals surface area contributed by atoms with Crippen LogP contribution in [0.15, 0.2) is 30.5 Å². The first-order valence-corrected chi connectivity index (χ1v) is 8.96. The van der Waals surface area contributed by atoms with E-state index in [1.54, 1.807) is 6.20 Å². The first-order chi connectivity index (χ1) is 12.5. The van der Waals surface area contributed by atoms with Gasteiger partial charge in [-0.15, -0.1) is 0 Å². The molecule has 0 amide bonds. The molecule has 1 aromatic carbocycles. The summed E-state index contributed by atoms with van der Waals surface area (Å²) in [5.74, 6) is 2.55. The molecular formula is C21H24N4O. The average molecular weight is 348 g/mol. The SMILES string of the molecule is Cc1nc2nccc(-c3ccc(OC[C@H](C)CC(C)C)c(C#N)c3)c2[nH]1. The highest BCUT2D eigenvalue weighted by Crippen LogP contribution is 2.30. The van der Waals surface area contributed by atoms with Crippen molar-refractivity contribution in [3.05, 3.63) is 41.9 Å². The second kappa shape index (κ2) is 7.57. The van der Waals surface area contributed by atoms with Gasteiger partial charge >= 0.3 is 0 Å². The number of hydrogen-bond donors (Lipinski definition) is 1. The van der Waals surface area contributed by atoms with E-state index in [4.69, 9.17) is 4.74 Å². The van der Waals surface area contributed by atoms with E-state index in [9.17, 15) is 5.26 Å². The highest BCUT2D eigenvalue weighted by Gasteiger charge is 2.13. The molecule has 2 aromatic heterocycles. The van der Waals surface area contributed by atoms with Crippen molar-refractivity contribution in [3.8, 4) is 22.9 Å². The molecule has 2 heterocycles. The molecule has 0 radical (unpaired) electrons. The standard InChI is InChI=1S/C21H24N4O/c1-13(2)9-14(3)12-26-19-6-5-16(10-17(19)11-22)18-7-8-23-21-20(18)24-15(4)25-21/h5-8,10,13-14H,9,12H2,1-4H3,(H,23,24,25)/t14-/m1/s1. The zero-order chi connectivity index (χ0) is 18.7. The van der Waals surface area contributed by atoms with E-state index < -0.39 is 0 Å². The van der Waals surface area contributed by atoms with Crippen LogP contribution in [0.5, 0.6) is 5.75 Å². The third-order valence-electron chi connectivity index (χ3n) is 4.32. The number of ether oxygens (including phenoxy) is 1. The lowest BCUT2D eigenvalue weighted by molar-refractivity contribution is 0.238. The summed E-state index contributed by atoms with van der Waals surface area (Å²) in [6.45, 7) is 9.11. The van der Waals surface area contributed by atoms with Crippen molar-refractivity contribution >= 4 is 11.2 Å². The first kappa shape index (κ1) is 17.9. The smallest absolute Gasteiger partial charge is 0.178 e. The molecular weight excluding hydrogens is 324 g/mol. The van der Waals surface area contributed by atoms with Gasteiger partial charge in [0, 0.05) is 11.8 Å². The minimum Gasteiger partial charge on any atom is -0.492 e. The Morgan fingerprint density at radius 2 is 2.04 bits per heavy atom. The number of imidazole rings is 1. The predicted molar refractivity (Wildman–Crippen MR) is 103 cm³/mol. The van der Waals surface area contributed by atoms with Crippen molar-refractivity contribution in [1.82, 2.24) is 15.0 Å². The molecule has 26 heavy (non-hydrogen) atoms. The molecule has 0 aliphatic rings. The van der Waals surface area contributed by atoms with Gasteiger partial charge in [0.1, 0.15) is 17.6 Å². The van der Waals surface area contributed by atoms with Crippen LogP contribution in [0.25, 0.3) is 22.3 Å². The fourth-order valence-electron chi connectivity index (χ4n) is 3.28. The molecule has 5 heteroatoms. The Hall–Kier alpha value is -2.87. The molecule has 0 aliphatic carbocycles. The van der Waals surface area contributed by atoms with Crippen LogP contribution >= 0.6 is 0 Å². The van der Waals surface area contributed by atoms with E-state index >= 15 is 0 Å². The van der Waals surface area contributed by atoms with Crippen molar-refractivity contribution in [2.24, 2.45) is 11.8 Å². The van der Waals surface area contributed by atoms with Crippen LogP contribution in [-0.2, 0) is 0 Å². The molecule has 134 valence electrons. The molecule has 0 unspecified atom stereocenters. The maximum absolute atomic E-state index is 9.56. The largest absolute Gasteiger partial charge is 0.492 e. The molecule has 0 fully saturated rings. The van der Waals surface area contributed by atoms with Gasteiger partial charge in [0.2, 0.25) is 0 Å². The minimum absolute atomic E-state index is 0.453. The molecule has 0 saturated carbocycles. The van der Waals surface area contributed by atoms with Crippen molar-refractivity contribution in [3.63, 3.8) is 0 Å². The Bertz CT molecular complexity index is 952. The van der Waals surface area contributed by atoms with Gasteiger partial charge in [0.25, 0.3) is 0 Å². The number of benzene rings is 1. The lowest BCUT2D eigenvalue weighted by Crippen LogP contribution is -2.11. The molecule has 0 spiro atoms. The Kier molecular flexibility index (Phi) is 5.22. The number of hydrogen-bond acceptors (Lipinski definition) is 4. The molecule has 3 aromatic rings. The number of rotatable bonds is 6. The molecule has 1 atom stereocenters. The fourth-order valence-corrected chi connectivity index (χ4v) is 3.28. The number of H-pyrrole nitrogens is 1. The van der Waals surface area contributed by atoms with Gasteiger partial charge in [0.15, 0.2) is 5.65 Å².